The summed E-state index contributed by atoms with van der Waals surface area (Å²) in [6, 6.07) is 20.8. The highest BCUT2D eigenvalue weighted by molar-refractivity contribution is 6.01. The van der Waals surface area contributed by atoms with Crippen molar-refractivity contribution in [3.8, 4) is 5.75 Å². The van der Waals surface area contributed by atoms with E-state index in [-0.39, 0.29) is 12.2 Å². The van der Waals surface area contributed by atoms with Gasteiger partial charge >= 0.3 is 0 Å². The molecule has 3 aromatic carbocycles. The van der Waals surface area contributed by atoms with Crippen LogP contribution < -0.4 is 10.1 Å². The summed E-state index contributed by atoms with van der Waals surface area (Å²) in [6.07, 6.45) is 4.26. The number of hydrogen-bond donors (Lipinski definition) is 1. The molecule has 4 rings (SSSR count). The van der Waals surface area contributed by atoms with E-state index in [1.807, 2.05) is 37.3 Å². The second kappa shape index (κ2) is 11.7. The number of ether oxygens (including phenoxy) is 1. The van der Waals surface area contributed by atoms with Crippen LogP contribution in [0.5, 0.6) is 5.75 Å². The van der Waals surface area contributed by atoms with Crippen molar-refractivity contribution in [2.45, 2.75) is 19.5 Å². The lowest BCUT2D eigenvalue weighted by molar-refractivity contribution is -0.121. The van der Waals surface area contributed by atoms with Crippen molar-refractivity contribution in [1.82, 2.24) is 14.9 Å². The predicted molar refractivity (Wildman–Crippen MR) is 134 cm³/mol. The molecule has 1 unspecified atom stereocenters. The van der Waals surface area contributed by atoms with E-state index in [1.54, 1.807) is 24.3 Å². The third-order valence-electron chi connectivity index (χ3n) is 5.42. The number of carbonyl (C=O) groups is 2. The Labute approximate surface area is 208 Å². The molecule has 0 aliphatic rings. The highest BCUT2D eigenvalue weighted by Crippen LogP contribution is 2.33. The van der Waals surface area contributed by atoms with E-state index in [9.17, 15) is 14.0 Å². The number of carbonyl (C=O) groups excluding carboxylic acids is 2. The number of para-hydroxylation sites is 1. The second-order valence-corrected chi connectivity index (χ2v) is 7.88. The molecule has 0 bridgehead atoms. The average Bonchev–Trinajstić information content (AvgIpc) is 2.91. The highest BCUT2D eigenvalue weighted by Gasteiger charge is 2.35. The first-order valence-corrected chi connectivity index (χ1v) is 11.5. The van der Waals surface area contributed by atoms with Crippen molar-refractivity contribution in [1.29, 1.82) is 0 Å². The molecule has 8 heteroatoms. The summed E-state index contributed by atoms with van der Waals surface area (Å²) in [5, 5.41) is 2.82. The molecule has 0 saturated carbocycles. The second-order valence-electron chi connectivity index (χ2n) is 7.88. The van der Waals surface area contributed by atoms with Gasteiger partial charge in [-0.1, -0.05) is 48.5 Å². The molecule has 1 aromatic heterocycles. The van der Waals surface area contributed by atoms with Crippen LogP contribution in [0.15, 0.2) is 97.5 Å². The zero-order valence-corrected chi connectivity index (χ0v) is 19.7. The normalized spacial score (nSPS) is 11.4. The number of rotatable bonds is 9. The fourth-order valence-corrected chi connectivity index (χ4v) is 3.81. The van der Waals surface area contributed by atoms with Crippen molar-refractivity contribution < 1.29 is 18.7 Å². The Bertz CT molecular complexity index is 1300. The van der Waals surface area contributed by atoms with Crippen molar-refractivity contribution in [3.05, 3.63) is 120 Å². The van der Waals surface area contributed by atoms with Gasteiger partial charge in [0.05, 0.1) is 12.8 Å². The monoisotopic (exact) mass is 484 g/mol. The first kappa shape index (κ1) is 24.5. The zero-order chi connectivity index (χ0) is 25.3. The quantitative estimate of drug-likeness (QED) is 0.360. The Morgan fingerprint density at radius 2 is 1.69 bits per heavy atom. The SMILES string of the molecule is CCOc1ccccc1C(C(=O)Nc1ccc(F)cc1)N(Cc1ccccc1)C(=O)c1cnccn1. The number of benzene rings is 3. The zero-order valence-electron chi connectivity index (χ0n) is 19.7. The van der Waals surface area contributed by atoms with E-state index < -0.39 is 23.7 Å². The summed E-state index contributed by atoms with van der Waals surface area (Å²) in [4.78, 5) is 37.3. The number of nitrogens with zero attached hydrogens (tertiary/aromatic N) is 3. The van der Waals surface area contributed by atoms with Crippen LogP contribution >= 0.6 is 0 Å². The molecule has 2 amide bonds. The fraction of sp³-hybridized carbons (Fsp3) is 0.143. The largest absolute Gasteiger partial charge is 0.494 e. The summed E-state index contributed by atoms with van der Waals surface area (Å²) in [6.45, 7) is 2.34. The lowest BCUT2D eigenvalue weighted by Crippen LogP contribution is -2.41. The Kier molecular flexibility index (Phi) is 7.97. The van der Waals surface area contributed by atoms with Crippen LogP contribution in [0.1, 0.15) is 34.6 Å². The molecular formula is C28H25FN4O3. The number of hydrogen-bond acceptors (Lipinski definition) is 5. The molecular weight excluding hydrogens is 459 g/mol. The number of anilines is 1. The topological polar surface area (TPSA) is 84.4 Å². The van der Waals surface area contributed by atoms with Gasteiger partial charge in [-0.3, -0.25) is 14.6 Å². The summed E-state index contributed by atoms with van der Waals surface area (Å²) in [5.41, 5.74) is 1.82. The minimum atomic E-state index is -1.09. The highest BCUT2D eigenvalue weighted by atomic mass is 19.1. The molecule has 1 atom stereocenters. The van der Waals surface area contributed by atoms with Gasteiger partial charge in [0.1, 0.15) is 23.3 Å². The van der Waals surface area contributed by atoms with Crippen LogP contribution in [0.25, 0.3) is 0 Å². The molecule has 0 saturated heterocycles. The van der Waals surface area contributed by atoms with E-state index in [0.29, 0.717) is 23.6 Å². The number of aromatic nitrogens is 2. The first-order chi connectivity index (χ1) is 17.6. The van der Waals surface area contributed by atoms with Gasteiger partial charge in [0.25, 0.3) is 11.8 Å². The smallest absolute Gasteiger partial charge is 0.275 e. The molecule has 0 spiro atoms. The van der Waals surface area contributed by atoms with E-state index in [4.69, 9.17) is 4.74 Å². The minimum absolute atomic E-state index is 0.0990. The maximum absolute atomic E-state index is 13.8. The molecule has 0 radical (unpaired) electrons. The van der Waals surface area contributed by atoms with Crippen LogP contribution in [0.4, 0.5) is 10.1 Å². The minimum Gasteiger partial charge on any atom is -0.494 e. The van der Waals surface area contributed by atoms with Gasteiger partial charge in [-0.25, -0.2) is 9.37 Å². The standard InChI is InChI=1S/C28H25FN4O3/c1-2-36-25-11-7-6-10-23(25)26(27(34)32-22-14-12-21(29)13-15-22)33(19-20-8-4-3-5-9-20)28(35)24-18-30-16-17-31-24/h3-18,26H,2,19H2,1H3,(H,32,34). The third-order valence-corrected chi connectivity index (χ3v) is 5.42. The van der Waals surface area contributed by atoms with E-state index in [2.05, 4.69) is 15.3 Å². The summed E-state index contributed by atoms with van der Waals surface area (Å²) < 4.78 is 19.3. The number of amides is 2. The molecule has 0 aliphatic carbocycles. The lowest BCUT2D eigenvalue weighted by atomic mass is 10.0. The Morgan fingerprint density at radius 1 is 0.972 bits per heavy atom. The van der Waals surface area contributed by atoms with Crippen LogP contribution in [0.3, 0.4) is 0 Å². The summed E-state index contributed by atoms with van der Waals surface area (Å²) in [7, 11) is 0. The maximum Gasteiger partial charge on any atom is 0.275 e. The van der Waals surface area contributed by atoms with Gasteiger partial charge in [-0.2, -0.15) is 0 Å². The number of nitrogens with one attached hydrogen (secondary N) is 1. The predicted octanol–water partition coefficient (Wildman–Crippen LogP) is 5.04. The molecule has 1 N–H and O–H groups in total. The molecule has 7 nitrogen and oxygen atoms in total. The third kappa shape index (κ3) is 5.90. The Morgan fingerprint density at radius 3 is 2.39 bits per heavy atom. The Balaban J connectivity index is 1.82. The lowest BCUT2D eigenvalue weighted by Gasteiger charge is -2.32. The molecule has 0 fully saturated rings. The fourth-order valence-electron chi connectivity index (χ4n) is 3.81. The van der Waals surface area contributed by atoms with Crippen LogP contribution in [-0.4, -0.2) is 33.3 Å². The van der Waals surface area contributed by atoms with Crippen molar-refractivity contribution in [3.63, 3.8) is 0 Å². The molecule has 36 heavy (non-hydrogen) atoms. The van der Waals surface area contributed by atoms with E-state index in [0.717, 1.165) is 5.56 Å². The molecule has 182 valence electrons. The van der Waals surface area contributed by atoms with Gasteiger partial charge in [-0.15, -0.1) is 0 Å². The van der Waals surface area contributed by atoms with Crippen LogP contribution in [0.2, 0.25) is 0 Å². The van der Waals surface area contributed by atoms with Gasteiger partial charge in [0.15, 0.2) is 0 Å². The van der Waals surface area contributed by atoms with Gasteiger partial charge in [0.2, 0.25) is 0 Å². The summed E-state index contributed by atoms with van der Waals surface area (Å²) >= 11 is 0. The van der Waals surface area contributed by atoms with E-state index >= 15 is 0 Å². The number of halogens is 1. The van der Waals surface area contributed by atoms with Crippen molar-refractivity contribution in [2.75, 3.05) is 11.9 Å². The van der Waals surface area contributed by atoms with Crippen LogP contribution in [-0.2, 0) is 11.3 Å². The Hall–Kier alpha value is -4.59. The van der Waals surface area contributed by atoms with Crippen LogP contribution in [0, 0.1) is 5.82 Å². The van der Waals surface area contributed by atoms with Gasteiger partial charge in [-0.05, 0) is 42.8 Å². The van der Waals surface area contributed by atoms with Crippen molar-refractivity contribution >= 4 is 17.5 Å². The average molecular weight is 485 g/mol. The van der Waals surface area contributed by atoms with E-state index in [1.165, 1.54) is 47.8 Å². The molecule has 4 aromatic rings. The van der Waals surface area contributed by atoms with Crippen molar-refractivity contribution in [2.24, 2.45) is 0 Å². The van der Waals surface area contributed by atoms with Gasteiger partial charge < -0.3 is 15.0 Å². The maximum atomic E-state index is 13.8. The van der Waals surface area contributed by atoms with Gasteiger partial charge in [0, 0.05) is 30.2 Å². The molecule has 1 heterocycles. The molecule has 0 aliphatic heterocycles. The summed E-state index contributed by atoms with van der Waals surface area (Å²) in [5.74, 6) is -0.904. The first-order valence-electron chi connectivity index (χ1n) is 11.5.